The van der Waals surface area contributed by atoms with Crippen molar-refractivity contribution < 1.29 is 9.59 Å². The summed E-state index contributed by atoms with van der Waals surface area (Å²) in [6.07, 6.45) is 0.215. The quantitative estimate of drug-likeness (QED) is 0.699. The van der Waals surface area contributed by atoms with E-state index in [0.29, 0.717) is 11.4 Å². The summed E-state index contributed by atoms with van der Waals surface area (Å²) in [6, 6.07) is 14.8. The molecule has 4 nitrogen and oxygen atoms in total. The highest BCUT2D eigenvalue weighted by molar-refractivity contribution is 8.00. The number of para-hydroxylation sites is 1. The van der Waals surface area contributed by atoms with Crippen molar-refractivity contribution in [3.63, 3.8) is 0 Å². The Morgan fingerprint density at radius 1 is 1.14 bits per heavy atom. The van der Waals surface area contributed by atoms with Gasteiger partial charge in [-0.05, 0) is 36.8 Å². The van der Waals surface area contributed by atoms with E-state index in [9.17, 15) is 9.59 Å². The lowest BCUT2D eigenvalue weighted by molar-refractivity contribution is -0.121. The molecule has 1 heterocycles. The summed E-state index contributed by atoms with van der Waals surface area (Å²) in [7, 11) is 0. The fourth-order valence-electron chi connectivity index (χ4n) is 2.52. The molecule has 22 heavy (non-hydrogen) atoms. The maximum Gasteiger partial charge on any atom is 0.247 e. The maximum absolute atomic E-state index is 12.6. The molecular formula is C17H16N2O2S. The van der Waals surface area contributed by atoms with Crippen LogP contribution in [0.5, 0.6) is 0 Å². The van der Waals surface area contributed by atoms with Gasteiger partial charge in [-0.2, -0.15) is 0 Å². The van der Waals surface area contributed by atoms with Gasteiger partial charge in [-0.1, -0.05) is 24.3 Å². The fourth-order valence-corrected chi connectivity index (χ4v) is 3.64. The number of carbonyl (C=O) groups is 2. The first-order valence-electron chi connectivity index (χ1n) is 7.01. The molecule has 0 spiro atoms. The van der Waals surface area contributed by atoms with Gasteiger partial charge < -0.3 is 5.73 Å². The standard InChI is InChI=1S/C17H16N2O2S/c1-11-5-2-3-8-14(11)19-16(20)10-15(17(19)21)22-13-7-4-6-12(18)9-13/h2-9,15H,10,18H2,1H3/t15-/m1/s1. The number of anilines is 2. The van der Waals surface area contributed by atoms with Gasteiger partial charge in [-0.15, -0.1) is 11.8 Å². The molecule has 112 valence electrons. The number of nitrogens with zero attached hydrogens (tertiary/aromatic N) is 1. The number of nitrogens with two attached hydrogens (primary N) is 1. The lowest BCUT2D eigenvalue weighted by Gasteiger charge is -2.17. The van der Waals surface area contributed by atoms with E-state index < -0.39 is 5.25 Å². The third-order valence-corrected chi connectivity index (χ3v) is 4.78. The molecule has 3 rings (SSSR count). The molecule has 0 radical (unpaired) electrons. The van der Waals surface area contributed by atoms with E-state index in [1.165, 1.54) is 16.7 Å². The smallest absolute Gasteiger partial charge is 0.247 e. The highest BCUT2D eigenvalue weighted by Gasteiger charge is 2.40. The average molecular weight is 312 g/mol. The zero-order valence-corrected chi connectivity index (χ0v) is 13.0. The van der Waals surface area contributed by atoms with Crippen LogP contribution in [0.4, 0.5) is 11.4 Å². The Morgan fingerprint density at radius 2 is 1.91 bits per heavy atom. The lowest BCUT2D eigenvalue weighted by atomic mass is 10.2. The van der Waals surface area contributed by atoms with Crippen LogP contribution >= 0.6 is 11.8 Å². The van der Waals surface area contributed by atoms with Crippen LogP contribution in [0.1, 0.15) is 12.0 Å². The van der Waals surface area contributed by atoms with Gasteiger partial charge in [0, 0.05) is 17.0 Å². The second kappa shape index (κ2) is 5.85. The first-order chi connectivity index (χ1) is 10.6. The van der Waals surface area contributed by atoms with Crippen LogP contribution in [-0.4, -0.2) is 17.1 Å². The molecule has 2 amide bonds. The second-order valence-electron chi connectivity index (χ2n) is 5.24. The number of nitrogen functional groups attached to an aromatic ring is 1. The number of carbonyl (C=O) groups excluding carboxylic acids is 2. The minimum atomic E-state index is -0.395. The van der Waals surface area contributed by atoms with Gasteiger partial charge in [0.2, 0.25) is 11.8 Å². The molecule has 1 fully saturated rings. The van der Waals surface area contributed by atoms with Gasteiger partial charge in [-0.25, -0.2) is 4.90 Å². The van der Waals surface area contributed by atoms with Crippen LogP contribution in [0, 0.1) is 6.92 Å². The minimum absolute atomic E-state index is 0.152. The molecule has 2 aromatic rings. The van der Waals surface area contributed by atoms with Crippen molar-refractivity contribution in [3.05, 3.63) is 54.1 Å². The lowest BCUT2D eigenvalue weighted by Crippen LogP contribution is -2.31. The molecule has 0 saturated carbocycles. The van der Waals surface area contributed by atoms with Gasteiger partial charge in [0.05, 0.1) is 10.9 Å². The summed E-state index contributed by atoms with van der Waals surface area (Å²) < 4.78 is 0. The topological polar surface area (TPSA) is 63.4 Å². The van der Waals surface area contributed by atoms with E-state index in [2.05, 4.69) is 0 Å². The summed E-state index contributed by atoms with van der Waals surface area (Å²) in [5, 5.41) is -0.395. The second-order valence-corrected chi connectivity index (χ2v) is 6.51. The third kappa shape index (κ3) is 2.72. The van der Waals surface area contributed by atoms with Crippen LogP contribution in [0.15, 0.2) is 53.4 Å². The predicted octanol–water partition coefficient (Wildman–Crippen LogP) is 3.00. The first kappa shape index (κ1) is 14.7. The molecule has 0 bridgehead atoms. The molecule has 0 aromatic heterocycles. The number of benzene rings is 2. The number of rotatable bonds is 3. The molecule has 1 saturated heterocycles. The summed E-state index contributed by atoms with van der Waals surface area (Å²) in [6.45, 7) is 1.90. The van der Waals surface area contributed by atoms with E-state index in [4.69, 9.17) is 5.73 Å². The molecule has 1 atom stereocenters. The van der Waals surface area contributed by atoms with E-state index in [1.54, 1.807) is 12.1 Å². The molecule has 5 heteroatoms. The summed E-state index contributed by atoms with van der Waals surface area (Å²) in [5.41, 5.74) is 8.00. The summed E-state index contributed by atoms with van der Waals surface area (Å²) in [5.74, 6) is -0.313. The maximum atomic E-state index is 12.6. The molecule has 0 aliphatic carbocycles. The Hall–Kier alpha value is -2.27. The van der Waals surface area contributed by atoms with Crippen molar-refractivity contribution in [3.8, 4) is 0 Å². The summed E-state index contributed by atoms with van der Waals surface area (Å²) in [4.78, 5) is 27.1. The highest BCUT2D eigenvalue weighted by atomic mass is 32.2. The highest BCUT2D eigenvalue weighted by Crippen LogP contribution is 2.35. The third-order valence-electron chi connectivity index (χ3n) is 3.60. The molecule has 0 unspecified atom stereocenters. The monoisotopic (exact) mass is 312 g/mol. The molecular weight excluding hydrogens is 296 g/mol. The summed E-state index contributed by atoms with van der Waals surface area (Å²) >= 11 is 1.39. The number of amides is 2. The minimum Gasteiger partial charge on any atom is -0.399 e. The largest absolute Gasteiger partial charge is 0.399 e. The van der Waals surface area contributed by atoms with Gasteiger partial charge in [0.15, 0.2) is 0 Å². The first-order valence-corrected chi connectivity index (χ1v) is 7.89. The normalized spacial score (nSPS) is 18.0. The van der Waals surface area contributed by atoms with Gasteiger partial charge in [0.25, 0.3) is 0 Å². The average Bonchev–Trinajstić information content (AvgIpc) is 2.74. The van der Waals surface area contributed by atoms with Crippen molar-refractivity contribution >= 4 is 35.0 Å². The van der Waals surface area contributed by atoms with Crippen LogP contribution in [0.25, 0.3) is 0 Å². The Morgan fingerprint density at radius 3 is 2.64 bits per heavy atom. The Labute approximate surface area is 133 Å². The van der Waals surface area contributed by atoms with Crippen molar-refractivity contribution in [1.82, 2.24) is 0 Å². The van der Waals surface area contributed by atoms with E-state index in [-0.39, 0.29) is 18.2 Å². The van der Waals surface area contributed by atoms with Crippen molar-refractivity contribution in [1.29, 1.82) is 0 Å². The Balaban J connectivity index is 1.84. The molecule has 1 aliphatic rings. The molecule has 1 aliphatic heterocycles. The Kier molecular flexibility index (Phi) is 3.90. The zero-order chi connectivity index (χ0) is 15.7. The van der Waals surface area contributed by atoms with Crippen LogP contribution in [-0.2, 0) is 9.59 Å². The van der Waals surface area contributed by atoms with E-state index >= 15 is 0 Å². The number of imide groups is 1. The Bertz CT molecular complexity index is 745. The van der Waals surface area contributed by atoms with Crippen LogP contribution < -0.4 is 10.6 Å². The fraction of sp³-hybridized carbons (Fsp3) is 0.176. The van der Waals surface area contributed by atoms with Gasteiger partial charge >= 0.3 is 0 Å². The SMILES string of the molecule is Cc1ccccc1N1C(=O)C[C@@H](Sc2cccc(N)c2)C1=O. The van der Waals surface area contributed by atoms with E-state index in [1.807, 2.05) is 43.3 Å². The van der Waals surface area contributed by atoms with Crippen LogP contribution in [0.2, 0.25) is 0 Å². The zero-order valence-electron chi connectivity index (χ0n) is 12.2. The molecule has 2 N–H and O–H groups in total. The number of thioether (sulfide) groups is 1. The van der Waals surface area contributed by atoms with Gasteiger partial charge in [-0.3, -0.25) is 9.59 Å². The number of aryl methyl sites for hydroxylation is 1. The van der Waals surface area contributed by atoms with Gasteiger partial charge in [0.1, 0.15) is 0 Å². The molecule has 2 aromatic carbocycles. The van der Waals surface area contributed by atoms with Crippen molar-refractivity contribution in [2.24, 2.45) is 0 Å². The van der Waals surface area contributed by atoms with Crippen molar-refractivity contribution in [2.75, 3.05) is 10.6 Å². The number of hydrogen-bond acceptors (Lipinski definition) is 4. The van der Waals surface area contributed by atoms with Crippen molar-refractivity contribution in [2.45, 2.75) is 23.5 Å². The van der Waals surface area contributed by atoms with E-state index in [0.717, 1.165) is 10.5 Å². The number of hydrogen-bond donors (Lipinski definition) is 1. The predicted molar refractivity (Wildman–Crippen MR) is 88.8 cm³/mol. The van der Waals surface area contributed by atoms with Crippen LogP contribution in [0.3, 0.4) is 0 Å².